The maximum Gasteiger partial charge on any atom is 0.182 e. The monoisotopic (exact) mass is 251 g/mol. The summed E-state index contributed by atoms with van der Waals surface area (Å²) in [6, 6.07) is 2.52. The van der Waals surface area contributed by atoms with E-state index in [1.165, 1.54) is 0 Å². The van der Waals surface area contributed by atoms with Crippen molar-refractivity contribution in [1.82, 2.24) is 14.7 Å². The summed E-state index contributed by atoms with van der Waals surface area (Å²) >= 11 is 0. The lowest BCUT2D eigenvalue weighted by Gasteiger charge is -2.21. The minimum Gasteiger partial charge on any atom is -0.346 e. The van der Waals surface area contributed by atoms with E-state index in [0.717, 1.165) is 45.0 Å². The SMILES string of the molecule is CC(C)n1ccc(CN2CCC3(C2)OCCO3)n1. The summed E-state index contributed by atoms with van der Waals surface area (Å²) < 4.78 is 13.5. The molecule has 0 N–H and O–H groups in total. The quantitative estimate of drug-likeness (QED) is 0.814. The molecule has 0 saturated carbocycles. The summed E-state index contributed by atoms with van der Waals surface area (Å²) in [5, 5.41) is 4.58. The van der Waals surface area contributed by atoms with Crippen LogP contribution in [0.2, 0.25) is 0 Å². The lowest BCUT2D eigenvalue weighted by atomic mass is 10.2. The van der Waals surface area contributed by atoms with Gasteiger partial charge in [0.05, 0.1) is 25.5 Å². The molecule has 0 atom stereocenters. The molecule has 3 heterocycles. The molecule has 0 unspecified atom stereocenters. The molecular formula is C13H21N3O2. The van der Waals surface area contributed by atoms with Gasteiger partial charge in [-0.15, -0.1) is 0 Å². The number of likely N-dealkylation sites (tertiary alicyclic amines) is 1. The van der Waals surface area contributed by atoms with Gasteiger partial charge in [0.25, 0.3) is 0 Å². The number of nitrogens with zero attached hydrogens (tertiary/aromatic N) is 3. The van der Waals surface area contributed by atoms with Crippen molar-refractivity contribution >= 4 is 0 Å². The number of hydrogen-bond acceptors (Lipinski definition) is 4. The number of ether oxygens (including phenoxy) is 2. The zero-order valence-electron chi connectivity index (χ0n) is 11.1. The zero-order valence-corrected chi connectivity index (χ0v) is 11.1. The molecule has 0 radical (unpaired) electrons. The van der Waals surface area contributed by atoms with E-state index in [1.807, 2.05) is 4.68 Å². The average molecular weight is 251 g/mol. The summed E-state index contributed by atoms with van der Waals surface area (Å²) in [5.41, 5.74) is 1.12. The highest BCUT2D eigenvalue weighted by atomic mass is 16.7. The number of rotatable bonds is 3. The van der Waals surface area contributed by atoms with E-state index in [-0.39, 0.29) is 5.79 Å². The van der Waals surface area contributed by atoms with Gasteiger partial charge in [-0.05, 0) is 19.9 Å². The Labute approximate surface area is 108 Å². The third-order valence-electron chi connectivity index (χ3n) is 3.67. The van der Waals surface area contributed by atoms with Crippen LogP contribution in [-0.4, -0.2) is 46.8 Å². The van der Waals surface area contributed by atoms with Crippen LogP contribution >= 0.6 is 0 Å². The summed E-state index contributed by atoms with van der Waals surface area (Å²) in [6.45, 7) is 8.51. The molecule has 1 spiro atoms. The lowest BCUT2D eigenvalue weighted by Crippen LogP contribution is -2.34. The maximum absolute atomic E-state index is 5.72. The highest BCUT2D eigenvalue weighted by molar-refractivity contribution is 5.01. The fraction of sp³-hybridized carbons (Fsp3) is 0.769. The Morgan fingerprint density at radius 2 is 2.17 bits per heavy atom. The van der Waals surface area contributed by atoms with Crippen LogP contribution in [0.4, 0.5) is 0 Å². The Hall–Kier alpha value is -0.910. The maximum atomic E-state index is 5.72. The molecule has 18 heavy (non-hydrogen) atoms. The van der Waals surface area contributed by atoms with Gasteiger partial charge in [0.15, 0.2) is 5.79 Å². The van der Waals surface area contributed by atoms with Gasteiger partial charge in [-0.1, -0.05) is 0 Å². The van der Waals surface area contributed by atoms with Crippen molar-refractivity contribution in [1.29, 1.82) is 0 Å². The largest absolute Gasteiger partial charge is 0.346 e. The molecule has 2 saturated heterocycles. The first-order valence-corrected chi connectivity index (χ1v) is 6.71. The topological polar surface area (TPSA) is 39.5 Å². The summed E-state index contributed by atoms with van der Waals surface area (Å²) in [5.74, 6) is -0.319. The Kier molecular flexibility index (Phi) is 3.13. The predicted octanol–water partition coefficient (Wildman–Crippen LogP) is 1.41. The first-order chi connectivity index (χ1) is 8.67. The van der Waals surface area contributed by atoms with E-state index >= 15 is 0 Å². The summed E-state index contributed by atoms with van der Waals surface area (Å²) in [7, 11) is 0. The second-order valence-electron chi connectivity index (χ2n) is 5.45. The van der Waals surface area contributed by atoms with Crippen LogP contribution in [0.15, 0.2) is 12.3 Å². The van der Waals surface area contributed by atoms with Crippen molar-refractivity contribution in [2.24, 2.45) is 0 Å². The third-order valence-corrected chi connectivity index (χ3v) is 3.67. The second-order valence-corrected chi connectivity index (χ2v) is 5.45. The molecule has 0 aromatic carbocycles. The summed E-state index contributed by atoms with van der Waals surface area (Å²) in [4.78, 5) is 2.36. The third kappa shape index (κ3) is 2.30. The second kappa shape index (κ2) is 4.64. The van der Waals surface area contributed by atoms with Crippen molar-refractivity contribution in [3.8, 4) is 0 Å². The highest BCUT2D eigenvalue weighted by Gasteiger charge is 2.43. The van der Waals surface area contributed by atoms with Gasteiger partial charge in [-0.25, -0.2) is 0 Å². The van der Waals surface area contributed by atoms with Gasteiger partial charge < -0.3 is 9.47 Å². The molecule has 0 aliphatic carbocycles. The minimum atomic E-state index is -0.319. The van der Waals surface area contributed by atoms with E-state index in [4.69, 9.17) is 9.47 Å². The van der Waals surface area contributed by atoms with Crippen molar-refractivity contribution < 1.29 is 9.47 Å². The predicted molar refractivity (Wildman–Crippen MR) is 67.1 cm³/mol. The molecule has 2 fully saturated rings. The van der Waals surface area contributed by atoms with Crippen LogP contribution in [0.25, 0.3) is 0 Å². The molecule has 2 aliphatic rings. The Morgan fingerprint density at radius 3 is 2.83 bits per heavy atom. The average Bonchev–Trinajstić information content (AvgIpc) is 3.03. The van der Waals surface area contributed by atoms with Gasteiger partial charge >= 0.3 is 0 Å². The Morgan fingerprint density at radius 1 is 1.39 bits per heavy atom. The van der Waals surface area contributed by atoms with Crippen molar-refractivity contribution in [2.45, 2.75) is 38.6 Å². The molecule has 5 nitrogen and oxygen atoms in total. The van der Waals surface area contributed by atoms with Crippen LogP contribution < -0.4 is 0 Å². The number of hydrogen-bond donors (Lipinski definition) is 0. The van der Waals surface area contributed by atoms with E-state index < -0.39 is 0 Å². The van der Waals surface area contributed by atoms with Crippen molar-refractivity contribution in [3.63, 3.8) is 0 Å². The van der Waals surface area contributed by atoms with Crippen LogP contribution in [0.1, 0.15) is 32.0 Å². The summed E-state index contributed by atoms with van der Waals surface area (Å²) in [6.07, 6.45) is 3.02. The first kappa shape index (κ1) is 12.1. The van der Waals surface area contributed by atoms with Gasteiger partial charge in [0.1, 0.15) is 0 Å². The molecule has 2 aliphatic heterocycles. The van der Waals surface area contributed by atoms with E-state index in [9.17, 15) is 0 Å². The van der Waals surface area contributed by atoms with Crippen molar-refractivity contribution in [2.75, 3.05) is 26.3 Å². The highest BCUT2D eigenvalue weighted by Crippen LogP contribution is 2.30. The van der Waals surface area contributed by atoms with Gasteiger partial charge in [0, 0.05) is 31.7 Å². The molecule has 0 amide bonds. The normalized spacial score (nSPS) is 23.5. The van der Waals surface area contributed by atoms with Gasteiger partial charge in [-0.3, -0.25) is 9.58 Å². The number of aromatic nitrogens is 2. The molecule has 1 aromatic rings. The molecule has 100 valence electrons. The van der Waals surface area contributed by atoms with E-state index in [1.54, 1.807) is 0 Å². The lowest BCUT2D eigenvalue weighted by molar-refractivity contribution is -0.145. The minimum absolute atomic E-state index is 0.319. The molecule has 5 heteroatoms. The van der Waals surface area contributed by atoms with E-state index in [2.05, 4.69) is 36.1 Å². The van der Waals surface area contributed by atoms with E-state index in [0.29, 0.717) is 6.04 Å². The molecule has 1 aromatic heterocycles. The van der Waals surface area contributed by atoms with Crippen LogP contribution in [0.3, 0.4) is 0 Å². The van der Waals surface area contributed by atoms with Gasteiger partial charge in [-0.2, -0.15) is 5.10 Å². The van der Waals surface area contributed by atoms with Crippen LogP contribution in [0, 0.1) is 0 Å². The van der Waals surface area contributed by atoms with Crippen LogP contribution in [0.5, 0.6) is 0 Å². The van der Waals surface area contributed by atoms with Crippen LogP contribution in [-0.2, 0) is 16.0 Å². The standard InChI is InChI=1S/C13H21N3O2/c1-11(2)16-5-3-12(14-16)9-15-6-4-13(10-15)17-7-8-18-13/h3,5,11H,4,6-10H2,1-2H3. The Balaban J connectivity index is 1.60. The molecular weight excluding hydrogens is 230 g/mol. The zero-order chi connectivity index (χ0) is 12.6. The molecule has 0 bridgehead atoms. The van der Waals surface area contributed by atoms with Gasteiger partial charge in [0.2, 0.25) is 0 Å². The fourth-order valence-electron chi connectivity index (χ4n) is 2.67. The fourth-order valence-corrected chi connectivity index (χ4v) is 2.67. The first-order valence-electron chi connectivity index (χ1n) is 6.71. The molecule has 3 rings (SSSR count). The Bertz CT molecular complexity index is 410. The smallest absolute Gasteiger partial charge is 0.182 e. The van der Waals surface area contributed by atoms with Crippen molar-refractivity contribution in [3.05, 3.63) is 18.0 Å².